The SMILES string of the molecule is CC(C)c1ccnc(-c2cc(C(F)(F)F)cc(C(F)(F)F)c2)c1. The molecule has 0 spiro atoms. The zero-order chi connectivity index (χ0) is 17.4. The molecule has 0 fully saturated rings. The maximum absolute atomic E-state index is 12.9. The molecule has 0 unspecified atom stereocenters. The van der Waals surface area contributed by atoms with Gasteiger partial charge in [-0.2, -0.15) is 26.3 Å². The number of aromatic nitrogens is 1. The molecular formula is C16H13F6N. The van der Waals surface area contributed by atoms with Crippen LogP contribution in [0.2, 0.25) is 0 Å². The third kappa shape index (κ3) is 4.03. The maximum Gasteiger partial charge on any atom is 0.416 e. The van der Waals surface area contributed by atoms with Crippen LogP contribution in [0.4, 0.5) is 26.3 Å². The molecule has 1 aromatic carbocycles. The minimum absolute atomic E-state index is 0.0737. The number of halogens is 6. The molecule has 0 radical (unpaired) electrons. The lowest BCUT2D eigenvalue weighted by Gasteiger charge is -2.14. The Morgan fingerprint density at radius 2 is 1.35 bits per heavy atom. The van der Waals surface area contributed by atoms with Crippen molar-refractivity contribution in [1.29, 1.82) is 0 Å². The van der Waals surface area contributed by atoms with Gasteiger partial charge in [0, 0.05) is 11.8 Å². The van der Waals surface area contributed by atoms with E-state index in [-0.39, 0.29) is 23.2 Å². The Kier molecular flexibility index (Phi) is 4.41. The van der Waals surface area contributed by atoms with Crippen LogP contribution in [-0.4, -0.2) is 4.98 Å². The summed E-state index contributed by atoms with van der Waals surface area (Å²) in [7, 11) is 0. The number of hydrogen-bond acceptors (Lipinski definition) is 1. The summed E-state index contributed by atoms with van der Waals surface area (Å²) >= 11 is 0. The number of hydrogen-bond donors (Lipinski definition) is 0. The monoisotopic (exact) mass is 333 g/mol. The average molecular weight is 333 g/mol. The summed E-state index contributed by atoms with van der Waals surface area (Å²) in [6.07, 6.45) is -8.37. The van der Waals surface area contributed by atoms with Crippen molar-refractivity contribution in [3.63, 3.8) is 0 Å². The normalized spacial score (nSPS) is 12.7. The molecule has 0 atom stereocenters. The molecular weight excluding hydrogens is 320 g/mol. The van der Waals surface area contributed by atoms with Crippen molar-refractivity contribution >= 4 is 0 Å². The standard InChI is InChI=1S/C16H13F6N/c1-9(2)10-3-4-23-14(7-10)11-5-12(15(17,18)19)8-13(6-11)16(20,21)22/h3-9H,1-2H3. The van der Waals surface area contributed by atoms with E-state index in [0.717, 1.165) is 5.56 Å². The minimum Gasteiger partial charge on any atom is -0.256 e. The largest absolute Gasteiger partial charge is 0.416 e. The fraction of sp³-hybridized carbons (Fsp3) is 0.312. The third-order valence-electron chi connectivity index (χ3n) is 3.33. The highest BCUT2D eigenvalue weighted by Gasteiger charge is 2.37. The topological polar surface area (TPSA) is 12.9 Å². The van der Waals surface area contributed by atoms with Gasteiger partial charge in [0.1, 0.15) is 0 Å². The lowest BCUT2D eigenvalue weighted by molar-refractivity contribution is -0.143. The smallest absolute Gasteiger partial charge is 0.256 e. The van der Waals surface area contributed by atoms with Crippen LogP contribution in [0, 0.1) is 0 Å². The predicted octanol–water partition coefficient (Wildman–Crippen LogP) is 5.91. The highest BCUT2D eigenvalue weighted by atomic mass is 19.4. The van der Waals surface area contributed by atoms with Gasteiger partial charge in [-0.3, -0.25) is 4.98 Å². The van der Waals surface area contributed by atoms with E-state index in [4.69, 9.17) is 0 Å². The molecule has 1 heterocycles. The van der Waals surface area contributed by atoms with Gasteiger partial charge in [0.25, 0.3) is 0 Å². The van der Waals surface area contributed by atoms with Crippen molar-refractivity contribution in [2.24, 2.45) is 0 Å². The molecule has 124 valence electrons. The Morgan fingerprint density at radius 3 is 1.78 bits per heavy atom. The van der Waals surface area contributed by atoms with Gasteiger partial charge >= 0.3 is 12.4 Å². The Balaban J connectivity index is 2.64. The van der Waals surface area contributed by atoms with Crippen molar-refractivity contribution in [2.45, 2.75) is 32.1 Å². The van der Waals surface area contributed by atoms with E-state index < -0.39 is 23.5 Å². The van der Waals surface area contributed by atoms with E-state index in [2.05, 4.69) is 4.98 Å². The molecule has 2 aromatic rings. The van der Waals surface area contributed by atoms with Crippen LogP contribution in [0.25, 0.3) is 11.3 Å². The number of benzene rings is 1. The molecule has 2 rings (SSSR count). The molecule has 0 aliphatic carbocycles. The first-order chi connectivity index (χ1) is 10.5. The first-order valence-electron chi connectivity index (χ1n) is 6.74. The van der Waals surface area contributed by atoms with E-state index in [9.17, 15) is 26.3 Å². The summed E-state index contributed by atoms with van der Waals surface area (Å²) < 4.78 is 77.2. The van der Waals surface area contributed by atoms with Gasteiger partial charge in [-0.05, 0) is 41.8 Å². The highest BCUT2D eigenvalue weighted by Crippen LogP contribution is 2.38. The van der Waals surface area contributed by atoms with Crippen LogP contribution in [0.5, 0.6) is 0 Å². The maximum atomic E-state index is 12.9. The number of alkyl halides is 6. The van der Waals surface area contributed by atoms with E-state index in [1.54, 1.807) is 6.07 Å². The molecule has 23 heavy (non-hydrogen) atoms. The highest BCUT2D eigenvalue weighted by molar-refractivity contribution is 5.62. The van der Waals surface area contributed by atoms with Gasteiger partial charge in [0.2, 0.25) is 0 Å². The van der Waals surface area contributed by atoms with Crippen molar-refractivity contribution in [3.05, 3.63) is 53.2 Å². The predicted molar refractivity (Wildman–Crippen MR) is 73.8 cm³/mol. The lowest BCUT2D eigenvalue weighted by atomic mass is 9.98. The summed E-state index contributed by atoms with van der Waals surface area (Å²) in [6, 6.07) is 4.64. The molecule has 0 saturated carbocycles. The third-order valence-corrected chi connectivity index (χ3v) is 3.33. The fourth-order valence-corrected chi connectivity index (χ4v) is 2.07. The van der Waals surface area contributed by atoms with Gasteiger partial charge in [0.05, 0.1) is 16.8 Å². The van der Waals surface area contributed by atoms with Gasteiger partial charge in [-0.25, -0.2) is 0 Å². The zero-order valence-corrected chi connectivity index (χ0v) is 12.3. The van der Waals surface area contributed by atoms with Crippen LogP contribution in [0.1, 0.15) is 36.5 Å². The van der Waals surface area contributed by atoms with Crippen molar-refractivity contribution in [3.8, 4) is 11.3 Å². The second-order valence-corrected chi connectivity index (χ2v) is 5.42. The summed E-state index contributed by atoms with van der Waals surface area (Å²) in [6.45, 7) is 3.73. The van der Waals surface area contributed by atoms with Crippen molar-refractivity contribution in [1.82, 2.24) is 4.98 Å². The molecule has 0 amide bonds. The molecule has 0 saturated heterocycles. The van der Waals surface area contributed by atoms with Crippen molar-refractivity contribution in [2.75, 3.05) is 0 Å². The van der Waals surface area contributed by atoms with Crippen LogP contribution < -0.4 is 0 Å². The van der Waals surface area contributed by atoms with Gasteiger partial charge in [-0.1, -0.05) is 13.8 Å². The Morgan fingerprint density at radius 1 is 0.826 bits per heavy atom. The lowest BCUT2D eigenvalue weighted by Crippen LogP contribution is -2.11. The first kappa shape index (κ1) is 17.3. The summed E-state index contributed by atoms with van der Waals surface area (Å²) in [4.78, 5) is 3.90. The summed E-state index contributed by atoms with van der Waals surface area (Å²) in [5.41, 5.74) is -2.05. The number of rotatable bonds is 2. The molecule has 7 heteroatoms. The Labute approximate surface area is 129 Å². The molecule has 0 aliphatic rings. The fourth-order valence-electron chi connectivity index (χ4n) is 2.07. The summed E-state index contributed by atoms with van der Waals surface area (Å²) in [5.74, 6) is 0.0737. The second-order valence-electron chi connectivity index (χ2n) is 5.42. The van der Waals surface area contributed by atoms with E-state index in [1.807, 2.05) is 13.8 Å². The molecule has 1 aromatic heterocycles. The van der Waals surface area contributed by atoms with Gasteiger partial charge in [-0.15, -0.1) is 0 Å². The van der Waals surface area contributed by atoms with Crippen LogP contribution in [0.3, 0.4) is 0 Å². The quantitative estimate of drug-likeness (QED) is 0.623. The molecule has 0 bridgehead atoms. The molecule has 0 aliphatic heterocycles. The minimum atomic E-state index is -4.87. The zero-order valence-electron chi connectivity index (χ0n) is 12.3. The Bertz CT molecular complexity index is 668. The van der Waals surface area contributed by atoms with E-state index >= 15 is 0 Å². The Hall–Kier alpha value is -2.05. The summed E-state index contributed by atoms with van der Waals surface area (Å²) in [5, 5.41) is 0. The average Bonchev–Trinajstić information content (AvgIpc) is 2.45. The van der Waals surface area contributed by atoms with Crippen LogP contribution in [-0.2, 0) is 12.4 Å². The van der Waals surface area contributed by atoms with Crippen LogP contribution in [0.15, 0.2) is 36.5 Å². The van der Waals surface area contributed by atoms with Crippen LogP contribution >= 0.6 is 0 Å². The van der Waals surface area contributed by atoms with Crippen molar-refractivity contribution < 1.29 is 26.3 Å². The molecule has 1 nitrogen and oxygen atoms in total. The van der Waals surface area contributed by atoms with Gasteiger partial charge < -0.3 is 0 Å². The first-order valence-corrected chi connectivity index (χ1v) is 6.74. The number of nitrogens with zero attached hydrogens (tertiary/aromatic N) is 1. The van der Waals surface area contributed by atoms with Gasteiger partial charge in [0.15, 0.2) is 0 Å². The van der Waals surface area contributed by atoms with E-state index in [0.29, 0.717) is 12.1 Å². The molecule has 0 N–H and O–H groups in total. The second kappa shape index (κ2) is 5.86. The number of pyridine rings is 1. The van der Waals surface area contributed by atoms with E-state index in [1.165, 1.54) is 12.3 Å².